The molecule has 9 heteroatoms. The average molecular weight is 346 g/mol. The number of non-ortho nitro benzene ring substituents is 1. The first-order valence-corrected chi connectivity index (χ1v) is 7.66. The molecule has 0 saturated carbocycles. The molecule has 0 amide bonds. The molecular weight excluding hydrogens is 328 g/mol. The number of rotatable bonds is 5. The zero-order valence-corrected chi connectivity index (χ0v) is 13.7. The minimum Gasteiger partial charge on any atom is -0.510 e. The second-order valence-corrected chi connectivity index (χ2v) is 6.11. The average Bonchev–Trinajstić information content (AvgIpc) is 3.14. The van der Waals surface area contributed by atoms with Crippen LogP contribution in [0.5, 0.6) is 0 Å². The maximum Gasteiger partial charge on any atom is 0.269 e. The molecule has 1 aliphatic rings. The van der Waals surface area contributed by atoms with E-state index in [4.69, 9.17) is 9.47 Å². The van der Waals surface area contributed by atoms with Crippen molar-refractivity contribution in [1.82, 2.24) is 14.8 Å². The van der Waals surface area contributed by atoms with Crippen LogP contribution in [0.25, 0.3) is 5.70 Å². The molecule has 2 heterocycles. The van der Waals surface area contributed by atoms with Gasteiger partial charge in [-0.2, -0.15) is 5.10 Å². The summed E-state index contributed by atoms with van der Waals surface area (Å²) >= 11 is 0. The lowest BCUT2D eigenvalue weighted by Crippen LogP contribution is -2.37. The third-order valence-corrected chi connectivity index (χ3v) is 4.07. The van der Waals surface area contributed by atoms with Gasteiger partial charge in [0.1, 0.15) is 25.2 Å². The molecule has 3 rings (SSSR count). The van der Waals surface area contributed by atoms with Crippen LogP contribution in [0.4, 0.5) is 5.69 Å². The minimum atomic E-state index is -0.708. The quantitative estimate of drug-likeness (QED) is 0.501. The third kappa shape index (κ3) is 3.67. The van der Waals surface area contributed by atoms with Crippen molar-refractivity contribution in [3.8, 4) is 0 Å². The highest BCUT2D eigenvalue weighted by molar-refractivity contribution is 5.53. The fraction of sp³-hybridized carbons (Fsp3) is 0.375. The summed E-state index contributed by atoms with van der Waals surface area (Å²) < 4.78 is 12.1. The van der Waals surface area contributed by atoms with Gasteiger partial charge in [0.25, 0.3) is 5.69 Å². The molecule has 0 radical (unpaired) electrons. The van der Waals surface area contributed by atoms with Gasteiger partial charge in [-0.25, -0.2) is 9.67 Å². The molecule has 25 heavy (non-hydrogen) atoms. The molecule has 1 fully saturated rings. The van der Waals surface area contributed by atoms with E-state index in [9.17, 15) is 15.2 Å². The number of aliphatic hydroxyl groups excluding tert-OH is 1. The highest BCUT2D eigenvalue weighted by atomic mass is 16.7. The summed E-state index contributed by atoms with van der Waals surface area (Å²) in [5, 5.41) is 25.8. The van der Waals surface area contributed by atoms with Crippen LogP contribution in [0.3, 0.4) is 0 Å². The van der Waals surface area contributed by atoms with Crippen LogP contribution in [0, 0.1) is 15.5 Å². The Hall–Kier alpha value is -2.78. The number of allylic oxidation sites excluding steroid dienone is 1. The Morgan fingerprint density at radius 2 is 2.04 bits per heavy atom. The number of aliphatic hydroxyl groups is 1. The summed E-state index contributed by atoms with van der Waals surface area (Å²) in [6, 6.07) is 6.16. The van der Waals surface area contributed by atoms with Gasteiger partial charge in [0, 0.05) is 18.6 Å². The Kier molecular flexibility index (Phi) is 4.77. The zero-order valence-electron chi connectivity index (χ0n) is 13.7. The molecule has 1 saturated heterocycles. The zero-order chi connectivity index (χ0) is 17.9. The summed E-state index contributed by atoms with van der Waals surface area (Å²) in [7, 11) is 0. The van der Waals surface area contributed by atoms with Gasteiger partial charge >= 0.3 is 0 Å². The van der Waals surface area contributed by atoms with Gasteiger partial charge in [-0.15, -0.1) is 0 Å². The van der Waals surface area contributed by atoms with Crippen molar-refractivity contribution >= 4 is 11.4 Å². The molecule has 0 atom stereocenters. The molecule has 0 unspecified atom stereocenters. The molecule has 9 nitrogen and oxygen atoms in total. The standard InChI is InChI=1S/C16H18N4O5/c1-16(7-24-11-25-8-16)15(21)14(19-10-17-9-18-19)6-12-2-4-13(5-3-12)20(22)23/h2-5,9-10,21H,6-8,11H2,1H3/b15-14+. The van der Waals surface area contributed by atoms with E-state index < -0.39 is 10.3 Å². The van der Waals surface area contributed by atoms with Gasteiger partial charge in [-0.1, -0.05) is 12.1 Å². The summed E-state index contributed by atoms with van der Waals surface area (Å²) in [5.41, 5.74) is 0.618. The number of nitro groups is 1. The Balaban J connectivity index is 1.95. The summed E-state index contributed by atoms with van der Waals surface area (Å²) in [6.45, 7) is 2.67. The fourth-order valence-electron chi connectivity index (χ4n) is 2.67. The predicted octanol–water partition coefficient (Wildman–Crippen LogP) is 2.17. The molecular formula is C16H18N4O5. The lowest BCUT2D eigenvalue weighted by atomic mass is 9.87. The van der Waals surface area contributed by atoms with Crippen molar-refractivity contribution in [3.63, 3.8) is 0 Å². The number of ether oxygens (including phenoxy) is 2. The van der Waals surface area contributed by atoms with E-state index in [0.717, 1.165) is 5.56 Å². The van der Waals surface area contributed by atoms with E-state index in [-0.39, 0.29) is 18.2 Å². The van der Waals surface area contributed by atoms with E-state index in [2.05, 4.69) is 10.1 Å². The number of aromatic nitrogens is 3. The van der Waals surface area contributed by atoms with Crippen LogP contribution in [0.1, 0.15) is 12.5 Å². The smallest absolute Gasteiger partial charge is 0.269 e. The van der Waals surface area contributed by atoms with Gasteiger partial charge in [-0.3, -0.25) is 10.1 Å². The molecule has 1 N–H and O–H groups in total. The summed E-state index contributed by atoms with van der Waals surface area (Å²) in [4.78, 5) is 14.3. The fourth-order valence-corrected chi connectivity index (χ4v) is 2.67. The highest BCUT2D eigenvalue weighted by Gasteiger charge is 2.36. The van der Waals surface area contributed by atoms with Crippen molar-refractivity contribution in [2.75, 3.05) is 20.0 Å². The van der Waals surface area contributed by atoms with Gasteiger partial charge in [-0.05, 0) is 12.5 Å². The second kappa shape index (κ2) is 6.99. The molecule has 1 aromatic heterocycles. The number of nitrogens with zero attached hydrogens (tertiary/aromatic N) is 4. The van der Waals surface area contributed by atoms with Gasteiger partial charge in [0.05, 0.1) is 29.2 Å². The van der Waals surface area contributed by atoms with Crippen molar-refractivity contribution in [2.24, 2.45) is 5.41 Å². The largest absolute Gasteiger partial charge is 0.510 e. The first-order chi connectivity index (χ1) is 12.0. The molecule has 2 aromatic rings. The SMILES string of the molecule is CC1(/C(O)=C(/Cc2ccc([N+](=O)[O-])cc2)n2cncn2)COCOC1. The molecule has 0 bridgehead atoms. The lowest BCUT2D eigenvalue weighted by Gasteiger charge is -2.33. The summed E-state index contributed by atoms with van der Waals surface area (Å²) in [5.74, 6) is 0.0936. The van der Waals surface area contributed by atoms with Crippen LogP contribution in [0.15, 0.2) is 42.7 Å². The van der Waals surface area contributed by atoms with Crippen molar-refractivity contribution < 1.29 is 19.5 Å². The van der Waals surface area contributed by atoms with Crippen molar-refractivity contribution in [3.05, 3.63) is 58.4 Å². The normalized spacial score (nSPS) is 17.8. The van der Waals surface area contributed by atoms with Crippen molar-refractivity contribution in [1.29, 1.82) is 0 Å². The van der Waals surface area contributed by atoms with E-state index in [1.807, 2.05) is 6.92 Å². The van der Waals surface area contributed by atoms with Crippen LogP contribution in [-0.2, 0) is 15.9 Å². The Morgan fingerprint density at radius 1 is 1.36 bits per heavy atom. The van der Waals surface area contributed by atoms with E-state index in [1.54, 1.807) is 12.1 Å². The summed E-state index contributed by atoms with van der Waals surface area (Å²) in [6.07, 6.45) is 3.19. The maximum absolute atomic E-state index is 10.9. The molecule has 1 aliphatic heterocycles. The maximum atomic E-state index is 10.9. The monoisotopic (exact) mass is 346 g/mol. The number of hydrogen-bond acceptors (Lipinski definition) is 7. The second-order valence-electron chi connectivity index (χ2n) is 6.11. The van der Waals surface area contributed by atoms with Crippen molar-refractivity contribution in [2.45, 2.75) is 13.3 Å². The topological polar surface area (TPSA) is 113 Å². The Bertz CT molecular complexity index is 764. The highest BCUT2D eigenvalue weighted by Crippen LogP contribution is 2.33. The first-order valence-electron chi connectivity index (χ1n) is 7.66. The van der Waals surface area contributed by atoms with Crippen LogP contribution >= 0.6 is 0 Å². The number of nitro benzene ring substituents is 1. The van der Waals surface area contributed by atoms with Gasteiger partial charge in [0.2, 0.25) is 0 Å². The molecule has 0 spiro atoms. The Morgan fingerprint density at radius 3 is 2.60 bits per heavy atom. The Labute approximate surface area is 143 Å². The molecule has 132 valence electrons. The number of hydrogen-bond donors (Lipinski definition) is 1. The van der Waals surface area contributed by atoms with E-state index in [1.165, 1.54) is 29.5 Å². The van der Waals surface area contributed by atoms with Gasteiger partial charge < -0.3 is 14.6 Å². The molecule has 1 aromatic carbocycles. The minimum absolute atomic E-state index is 0.0142. The molecule has 0 aliphatic carbocycles. The number of benzene rings is 1. The lowest BCUT2D eigenvalue weighted by molar-refractivity contribution is -0.384. The van der Waals surface area contributed by atoms with E-state index >= 15 is 0 Å². The van der Waals surface area contributed by atoms with E-state index in [0.29, 0.717) is 25.3 Å². The third-order valence-electron chi connectivity index (χ3n) is 4.07. The van der Waals surface area contributed by atoms with Gasteiger partial charge in [0.15, 0.2) is 0 Å². The van der Waals surface area contributed by atoms with Crippen LogP contribution in [0.2, 0.25) is 0 Å². The van der Waals surface area contributed by atoms with Crippen LogP contribution < -0.4 is 0 Å². The van der Waals surface area contributed by atoms with Crippen LogP contribution in [-0.4, -0.2) is 44.8 Å². The first kappa shape index (κ1) is 17.1. The predicted molar refractivity (Wildman–Crippen MR) is 87.5 cm³/mol.